The Morgan fingerprint density at radius 3 is 3.06 bits per heavy atom. The largest absolute Gasteiger partial charge is 0.481 e. The number of aromatic amines is 1. The molecule has 0 saturated carbocycles. The Bertz CT molecular complexity index is 603. The van der Waals surface area contributed by atoms with E-state index in [1.807, 2.05) is 6.07 Å². The smallest absolute Gasteiger partial charge is 0.306 e. The molecule has 2 aromatic rings. The van der Waals surface area contributed by atoms with Gasteiger partial charge in [0, 0.05) is 11.1 Å². The fraction of sp³-hybridized carbons (Fsp3) is 0.308. The van der Waals surface area contributed by atoms with Crippen molar-refractivity contribution in [1.29, 1.82) is 0 Å². The minimum absolute atomic E-state index is 0.274. The number of aliphatic carboxylic acids is 1. The maximum absolute atomic E-state index is 13.6. The van der Waals surface area contributed by atoms with Gasteiger partial charge < -0.3 is 10.1 Å². The van der Waals surface area contributed by atoms with E-state index in [4.69, 9.17) is 5.11 Å². The molecule has 3 nitrogen and oxygen atoms in total. The predicted octanol–water partition coefficient (Wildman–Crippen LogP) is 2.50. The van der Waals surface area contributed by atoms with Gasteiger partial charge >= 0.3 is 5.97 Å². The van der Waals surface area contributed by atoms with Crippen molar-refractivity contribution >= 4 is 16.9 Å². The molecule has 0 saturated heterocycles. The Morgan fingerprint density at radius 1 is 1.47 bits per heavy atom. The Hall–Kier alpha value is -1.84. The third kappa shape index (κ3) is 1.52. The maximum atomic E-state index is 13.6. The van der Waals surface area contributed by atoms with Gasteiger partial charge in [0.05, 0.1) is 11.4 Å². The van der Waals surface area contributed by atoms with E-state index in [9.17, 15) is 9.18 Å². The summed E-state index contributed by atoms with van der Waals surface area (Å²) in [6, 6.07) is 4.92. The number of carbonyl (C=O) groups is 1. The molecule has 1 aliphatic rings. The van der Waals surface area contributed by atoms with Gasteiger partial charge in [-0.3, -0.25) is 4.79 Å². The van der Waals surface area contributed by atoms with Crippen molar-refractivity contribution in [2.75, 3.05) is 0 Å². The number of hydrogen-bond donors (Lipinski definition) is 2. The molecule has 0 radical (unpaired) electrons. The summed E-state index contributed by atoms with van der Waals surface area (Å²) in [7, 11) is 0. The van der Waals surface area contributed by atoms with Crippen LogP contribution in [-0.2, 0) is 17.6 Å². The molecule has 1 heterocycles. The first-order valence-corrected chi connectivity index (χ1v) is 5.67. The van der Waals surface area contributed by atoms with Crippen molar-refractivity contribution in [3.05, 3.63) is 35.3 Å². The summed E-state index contributed by atoms with van der Waals surface area (Å²) in [5.41, 5.74) is 2.46. The van der Waals surface area contributed by atoms with Crippen LogP contribution in [0.1, 0.15) is 17.7 Å². The lowest BCUT2D eigenvalue weighted by atomic mass is 9.86. The van der Waals surface area contributed by atoms with Crippen molar-refractivity contribution in [2.24, 2.45) is 5.92 Å². The monoisotopic (exact) mass is 233 g/mol. The highest BCUT2D eigenvalue weighted by Gasteiger charge is 2.27. The summed E-state index contributed by atoms with van der Waals surface area (Å²) in [6.45, 7) is 0. The Labute approximate surface area is 97.3 Å². The van der Waals surface area contributed by atoms with Crippen LogP contribution in [0.5, 0.6) is 0 Å². The number of nitrogens with one attached hydrogen (secondary N) is 1. The number of para-hydroxylation sites is 1. The molecule has 3 rings (SSSR count). The molecular formula is C13H12FNO2. The van der Waals surface area contributed by atoms with Crippen LogP contribution in [0, 0.1) is 11.7 Å². The molecule has 88 valence electrons. The average molecular weight is 233 g/mol. The molecule has 0 spiro atoms. The Morgan fingerprint density at radius 2 is 2.29 bits per heavy atom. The van der Waals surface area contributed by atoms with Crippen molar-refractivity contribution in [3.63, 3.8) is 0 Å². The third-order valence-electron chi connectivity index (χ3n) is 3.52. The molecule has 1 aliphatic carbocycles. The third-order valence-corrected chi connectivity index (χ3v) is 3.52. The van der Waals surface area contributed by atoms with Crippen LogP contribution in [0.3, 0.4) is 0 Å². The highest BCUT2D eigenvalue weighted by Crippen LogP contribution is 2.32. The second-order valence-electron chi connectivity index (χ2n) is 4.52. The van der Waals surface area contributed by atoms with Crippen molar-refractivity contribution in [3.8, 4) is 0 Å². The van der Waals surface area contributed by atoms with Gasteiger partial charge in [0.15, 0.2) is 0 Å². The minimum Gasteiger partial charge on any atom is -0.481 e. The van der Waals surface area contributed by atoms with Gasteiger partial charge in [0.1, 0.15) is 5.82 Å². The van der Waals surface area contributed by atoms with E-state index in [0.29, 0.717) is 24.8 Å². The van der Waals surface area contributed by atoms with Crippen LogP contribution in [0.25, 0.3) is 10.9 Å². The number of fused-ring (bicyclic) bond motifs is 3. The fourth-order valence-corrected chi connectivity index (χ4v) is 2.62. The van der Waals surface area contributed by atoms with E-state index >= 15 is 0 Å². The Balaban J connectivity index is 2.15. The van der Waals surface area contributed by atoms with Crippen molar-refractivity contribution in [2.45, 2.75) is 19.3 Å². The normalized spacial score (nSPS) is 19.2. The molecular weight excluding hydrogens is 221 g/mol. The van der Waals surface area contributed by atoms with Gasteiger partial charge in [-0.2, -0.15) is 0 Å². The van der Waals surface area contributed by atoms with E-state index in [2.05, 4.69) is 4.98 Å². The number of benzene rings is 1. The first kappa shape index (κ1) is 10.3. The predicted molar refractivity (Wildman–Crippen MR) is 61.4 cm³/mol. The zero-order valence-corrected chi connectivity index (χ0v) is 9.16. The second-order valence-corrected chi connectivity index (χ2v) is 4.52. The van der Waals surface area contributed by atoms with E-state index < -0.39 is 5.97 Å². The minimum atomic E-state index is -0.763. The molecule has 1 atom stereocenters. The van der Waals surface area contributed by atoms with E-state index in [0.717, 1.165) is 16.6 Å². The quantitative estimate of drug-likeness (QED) is 0.795. The average Bonchev–Trinajstić information content (AvgIpc) is 2.68. The standard InChI is InChI=1S/C13H12FNO2/c14-10-3-1-2-8-9-6-7(13(16)17)4-5-11(9)15-12(8)10/h1-3,7,15H,4-6H2,(H,16,17). The molecule has 0 aliphatic heterocycles. The number of H-pyrrole nitrogens is 1. The zero-order chi connectivity index (χ0) is 12.0. The highest BCUT2D eigenvalue weighted by atomic mass is 19.1. The number of rotatable bonds is 1. The lowest BCUT2D eigenvalue weighted by Gasteiger charge is -2.18. The van der Waals surface area contributed by atoms with Gasteiger partial charge in [-0.1, -0.05) is 12.1 Å². The molecule has 0 fully saturated rings. The molecule has 17 heavy (non-hydrogen) atoms. The van der Waals surface area contributed by atoms with Gasteiger partial charge in [0.2, 0.25) is 0 Å². The highest BCUT2D eigenvalue weighted by molar-refractivity contribution is 5.86. The van der Waals surface area contributed by atoms with Crippen LogP contribution in [0.2, 0.25) is 0 Å². The lowest BCUT2D eigenvalue weighted by Crippen LogP contribution is -2.21. The first-order valence-electron chi connectivity index (χ1n) is 5.67. The summed E-state index contributed by atoms with van der Waals surface area (Å²) < 4.78 is 13.6. The van der Waals surface area contributed by atoms with Crippen molar-refractivity contribution in [1.82, 2.24) is 4.98 Å². The zero-order valence-electron chi connectivity index (χ0n) is 9.16. The Kier molecular flexibility index (Phi) is 2.18. The van der Waals surface area contributed by atoms with Gasteiger partial charge in [0.25, 0.3) is 0 Å². The molecule has 1 unspecified atom stereocenters. The van der Waals surface area contributed by atoms with Gasteiger partial charge in [-0.05, 0) is 30.9 Å². The molecule has 1 aromatic heterocycles. The number of carboxylic acid groups (broad SMARTS) is 1. The summed E-state index contributed by atoms with van der Waals surface area (Å²) in [4.78, 5) is 14.1. The van der Waals surface area contributed by atoms with Crippen molar-refractivity contribution < 1.29 is 14.3 Å². The van der Waals surface area contributed by atoms with E-state index in [1.165, 1.54) is 6.07 Å². The number of carboxylic acids is 1. The molecule has 0 bridgehead atoms. The van der Waals surface area contributed by atoms with Crippen LogP contribution in [-0.4, -0.2) is 16.1 Å². The first-order chi connectivity index (χ1) is 8.16. The maximum Gasteiger partial charge on any atom is 0.306 e. The van der Waals surface area contributed by atoms with Crippen LogP contribution >= 0.6 is 0 Å². The summed E-state index contributed by atoms with van der Waals surface area (Å²) in [5.74, 6) is -1.38. The summed E-state index contributed by atoms with van der Waals surface area (Å²) in [6.07, 6.45) is 1.80. The topological polar surface area (TPSA) is 53.1 Å². The number of aryl methyl sites for hydroxylation is 1. The lowest BCUT2D eigenvalue weighted by molar-refractivity contribution is -0.142. The fourth-order valence-electron chi connectivity index (χ4n) is 2.62. The molecule has 1 aromatic carbocycles. The van der Waals surface area contributed by atoms with Gasteiger partial charge in [-0.25, -0.2) is 4.39 Å². The van der Waals surface area contributed by atoms with E-state index in [1.54, 1.807) is 6.07 Å². The molecule has 0 amide bonds. The van der Waals surface area contributed by atoms with Crippen LogP contribution in [0.4, 0.5) is 4.39 Å². The van der Waals surface area contributed by atoms with Crippen LogP contribution < -0.4 is 0 Å². The molecule has 2 N–H and O–H groups in total. The van der Waals surface area contributed by atoms with Gasteiger partial charge in [-0.15, -0.1) is 0 Å². The number of hydrogen-bond acceptors (Lipinski definition) is 1. The number of aromatic nitrogens is 1. The SMILES string of the molecule is O=C(O)C1CCc2[nH]c3c(F)cccc3c2C1. The van der Waals surface area contributed by atoms with E-state index in [-0.39, 0.29) is 11.7 Å². The summed E-state index contributed by atoms with van der Waals surface area (Å²) >= 11 is 0. The van der Waals surface area contributed by atoms with Crippen LogP contribution in [0.15, 0.2) is 18.2 Å². The number of halogens is 1. The molecule has 4 heteroatoms. The second kappa shape index (κ2) is 3.58. The summed E-state index contributed by atoms with van der Waals surface area (Å²) in [5, 5.41) is 9.87.